The minimum Gasteiger partial charge on any atom is -0.496 e. The molecular formula is C17H28N2O2. The van der Waals surface area contributed by atoms with Crippen LogP contribution in [0.4, 0.5) is 0 Å². The molecule has 0 amide bonds. The van der Waals surface area contributed by atoms with Crippen LogP contribution in [-0.2, 0) is 13.0 Å². The Morgan fingerprint density at radius 2 is 2.05 bits per heavy atom. The van der Waals surface area contributed by atoms with Crippen LogP contribution in [0.2, 0.25) is 0 Å². The monoisotopic (exact) mass is 292 g/mol. The van der Waals surface area contributed by atoms with Crippen LogP contribution in [-0.4, -0.2) is 39.3 Å². The number of hydrogen-bond acceptors (Lipinski definition) is 4. The van der Waals surface area contributed by atoms with E-state index in [9.17, 15) is 0 Å². The topological polar surface area (TPSA) is 33.7 Å². The molecule has 0 aromatic heterocycles. The summed E-state index contributed by atoms with van der Waals surface area (Å²) >= 11 is 0. The molecule has 0 saturated carbocycles. The zero-order chi connectivity index (χ0) is 15.4. The lowest BCUT2D eigenvalue weighted by Crippen LogP contribution is -2.35. The molecule has 1 N–H and O–H groups in total. The number of nitrogens with one attached hydrogen (secondary N) is 1. The van der Waals surface area contributed by atoms with Gasteiger partial charge in [0.2, 0.25) is 0 Å². The van der Waals surface area contributed by atoms with Gasteiger partial charge >= 0.3 is 0 Å². The predicted molar refractivity (Wildman–Crippen MR) is 86.3 cm³/mol. The molecule has 2 rings (SSSR count). The molecular weight excluding hydrogens is 264 g/mol. The maximum absolute atomic E-state index is 5.74. The summed E-state index contributed by atoms with van der Waals surface area (Å²) in [6.45, 7) is 7.43. The Bertz CT molecular complexity index is 488. The highest BCUT2D eigenvalue weighted by Crippen LogP contribution is 2.44. The van der Waals surface area contributed by atoms with E-state index in [0.717, 1.165) is 44.0 Å². The highest BCUT2D eigenvalue weighted by Gasteiger charge is 2.31. The molecule has 0 saturated heterocycles. The Kier molecular flexibility index (Phi) is 5.48. The fraction of sp³-hybridized carbons (Fsp3) is 0.647. The lowest BCUT2D eigenvalue weighted by Gasteiger charge is -2.38. The van der Waals surface area contributed by atoms with Crippen LogP contribution in [0.5, 0.6) is 11.5 Å². The number of fused-ring (bicyclic) bond motifs is 1. The summed E-state index contributed by atoms with van der Waals surface area (Å²) in [5.74, 6) is 2.04. The lowest BCUT2D eigenvalue weighted by atomic mass is 9.87. The largest absolute Gasteiger partial charge is 0.496 e. The predicted octanol–water partition coefficient (Wildman–Crippen LogP) is 2.75. The third kappa shape index (κ3) is 2.87. The Morgan fingerprint density at radius 1 is 1.29 bits per heavy atom. The minimum atomic E-state index is 0.422. The van der Waals surface area contributed by atoms with Crippen LogP contribution >= 0.6 is 0 Å². The first-order chi connectivity index (χ1) is 10.2. The first kappa shape index (κ1) is 16.1. The van der Waals surface area contributed by atoms with Gasteiger partial charge in [0.15, 0.2) is 0 Å². The maximum Gasteiger partial charge on any atom is 0.127 e. The first-order valence-corrected chi connectivity index (χ1v) is 7.86. The molecule has 0 fully saturated rings. The van der Waals surface area contributed by atoms with Crippen LogP contribution in [0.1, 0.15) is 43.0 Å². The van der Waals surface area contributed by atoms with Crippen molar-refractivity contribution < 1.29 is 9.47 Å². The average molecular weight is 292 g/mol. The number of benzene rings is 1. The summed E-state index contributed by atoms with van der Waals surface area (Å²) in [7, 11) is 5.50. The molecule has 118 valence electrons. The zero-order valence-electron chi connectivity index (χ0n) is 14.0. The van der Waals surface area contributed by atoms with Gasteiger partial charge in [-0.05, 0) is 32.5 Å². The lowest BCUT2D eigenvalue weighted by molar-refractivity contribution is 0.183. The Balaban J connectivity index is 2.61. The molecule has 4 heteroatoms. The Labute approximate surface area is 128 Å². The van der Waals surface area contributed by atoms with E-state index in [1.165, 1.54) is 16.7 Å². The summed E-state index contributed by atoms with van der Waals surface area (Å²) in [4.78, 5) is 2.53. The van der Waals surface area contributed by atoms with Crippen molar-refractivity contribution in [3.8, 4) is 11.5 Å². The average Bonchev–Trinajstić information content (AvgIpc) is 2.52. The van der Waals surface area contributed by atoms with Crippen LogP contribution in [0.25, 0.3) is 0 Å². The number of hydrogen-bond donors (Lipinski definition) is 1. The van der Waals surface area contributed by atoms with E-state index in [1.54, 1.807) is 14.2 Å². The molecule has 1 unspecified atom stereocenters. The van der Waals surface area contributed by atoms with Crippen LogP contribution in [0.15, 0.2) is 6.07 Å². The van der Waals surface area contributed by atoms with E-state index in [0.29, 0.717) is 6.04 Å². The number of methoxy groups -OCH3 is 2. The highest BCUT2D eigenvalue weighted by molar-refractivity contribution is 5.56. The van der Waals surface area contributed by atoms with Crippen LogP contribution in [0, 0.1) is 0 Å². The van der Waals surface area contributed by atoms with E-state index in [4.69, 9.17) is 9.47 Å². The zero-order valence-corrected chi connectivity index (χ0v) is 14.0. The number of nitrogens with zero attached hydrogens (tertiary/aromatic N) is 1. The normalized spacial score (nSPS) is 18.4. The van der Waals surface area contributed by atoms with E-state index in [2.05, 4.69) is 30.1 Å². The number of rotatable bonds is 6. The van der Waals surface area contributed by atoms with E-state index in [1.807, 2.05) is 7.05 Å². The van der Waals surface area contributed by atoms with Gasteiger partial charge in [0.25, 0.3) is 0 Å². The van der Waals surface area contributed by atoms with Crippen LogP contribution in [0.3, 0.4) is 0 Å². The summed E-state index contributed by atoms with van der Waals surface area (Å²) in [5, 5.41) is 3.22. The molecule has 1 aliphatic heterocycles. The van der Waals surface area contributed by atoms with E-state index >= 15 is 0 Å². The molecule has 1 atom stereocenters. The van der Waals surface area contributed by atoms with Crippen molar-refractivity contribution in [2.45, 2.75) is 39.3 Å². The molecule has 21 heavy (non-hydrogen) atoms. The Morgan fingerprint density at radius 3 is 2.57 bits per heavy atom. The van der Waals surface area contributed by atoms with Gasteiger partial charge in [-0.1, -0.05) is 13.8 Å². The molecule has 0 spiro atoms. The second-order valence-corrected chi connectivity index (χ2v) is 5.50. The van der Waals surface area contributed by atoms with Gasteiger partial charge in [0.1, 0.15) is 11.5 Å². The van der Waals surface area contributed by atoms with Crippen molar-refractivity contribution in [3.05, 3.63) is 22.8 Å². The maximum atomic E-state index is 5.74. The van der Waals surface area contributed by atoms with Gasteiger partial charge in [0.05, 0.1) is 14.2 Å². The van der Waals surface area contributed by atoms with Crippen molar-refractivity contribution in [2.75, 3.05) is 34.4 Å². The third-order valence-corrected chi connectivity index (χ3v) is 4.47. The summed E-state index contributed by atoms with van der Waals surface area (Å²) in [6.07, 6.45) is 2.11. The molecule has 4 nitrogen and oxygen atoms in total. The van der Waals surface area contributed by atoms with E-state index < -0.39 is 0 Å². The Hall–Kier alpha value is -1.26. The smallest absolute Gasteiger partial charge is 0.127 e. The van der Waals surface area contributed by atoms with Gasteiger partial charge in [-0.3, -0.25) is 4.90 Å². The summed E-state index contributed by atoms with van der Waals surface area (Å²) in [5.41, 5.74) is 3.83. The first-order valence-electron chi connectivity index (χ1n) is 7.86. The fourth-order valence-electron chi connectivity index (χ4n) is 3.56. The second-order valence-electron chi connectivity index (χ2n) is 5.50. The molecule has 0 bridgehead atoms. The quantitative estimate of drug-likeness (QED) is 0.874. The number of likely N-dealkylation sites (N-methyl/N-ethyl adjacent to an activating group) is 1. The molecule has 1 aromatic rings. The molecule has 1 aliphatic rings. The molecule has 0 radical (unpaired) electrons. The van der Waals surface area contributed by atoms with Gasteiger partial charge in [-0.15, -0.1) is 0 Å². The second kappa shape index (κ2) is 7.14. The third-order valence-electron chi connectivity index (χ3n) is 4.47. The fourth-order valence-corrected chi connectivity index (χ4v) is 3.56. The van der Waals surface area contributed by atoms with Gasteiger partial charge < -0.3 is 14.8 Å². The van der Waals surface area contributed by atoms with Crippen molar-refractivity contribution in [1.29, 1.82) is 0 Å². The van der Waals surface area contributed by atoms with Gasteiger partial charge in [-0.2, -0.15) is 0 Å². The van der Waals surface area contributed by atoms with Crippen LogP contribution < -0.4 is 14.8 Å². The van der Waals surface area contributed by atoms with Gasteiger partial charge in [0, 0.05) is 35.8 Å². The summed E-state index contributed by atoms with van der Waals surface area (Å²) < 4.78 is 11.5. The van der Waals surface area contributed by atoms with Crippen molar-refractivity contribution >= 4 is 0 Å². The summed E-state index contributed by atoms with van der Waals surface area (Å²) in [6, 6.07) is 2.56. The van der Waals surface area contributed by atoms with Crippen molar-refractivity contribution in [2.24, 2.45) is 0 Å². The van der Waals surface area contributed by atoms with Gasteiger partial charge in [-0.25, -0.2) is 0 Å². The van der Waals surface area contributed by atoms with E-state index in [-0.39, 0.29) is 0 Å². The SMILES string of the molecule is CCC1c2c(OC)cc(CNC)c(OC)c2CCN1CC. The van der Waals surface area contributed by atoms with Crippen molar-refractivity contribution in [3.63, 3.8) is 0 Å². The molecule has 1 aromatic carbocycles. The molecule has 0 aliphatic carbocycles. The number of ether oxygens (including phenoxy) is 2. The highest BCUT2D eigenvalue weighted by atomic mass is 16.5. The van der Waals surface area contributed by atoms with Crippen molar-refractivity contribution in [1.82, 2.24) is 10.2 Å². The standard InChI is InChI=1S/C17H28N2O2/c1-6-14-16-13(8-9-19(14)7-2)17(21-5)12(11-18-3)10-15(16)20-4/h10,14,18H,6-9,11H2,1-5H3. The molecule has 1 heterocycles. The minimum absolute atomic E-state index is 0.422.